The van der Waals surface area contributed by atoms with E-state index in [-0.39, 0.29) is 23.0 Å². The molecule has 5 nitrogen and oxygen atoms in total. The van der Waals surface area contributed by atoms with Crippen molar-refractivity contribution in [2.24, 2.45) is 0 Å². The molecule has 7 heteroatoms. The molecule has 116 valence electrons. The fraction of sp³-hybridized carbons (Fsp3) is 0.429. The SMILES string of the molecule is COCCN(CCNC(=O)c1c(F)cccc1Cl)C(C)=O. The number of nitrogens with one attached hydrogen (secondary N) is 1. The van der Waals surface area contributed by atoms with Crippen molar-refractivity contribution in [1.82, 2.24) is 10.2 Å². The number of hydrogen-bond donors (Lipinski definition) is 1. The van der Waals surface area contributed by atoms with Crippen LogP contribution in [0.4, 0.5) is 4.39 Å². The van der Waals surface area contributed by atoms with Crippen molar-refractivity contribution in [1.29, 1.82) is 0 Å². The monoisotopic (exact) mass is 316 g/mol. The van der Waals surface area contributed by atoms with Crippen LogP contribution in [0, 0.1) is 5.82 Å². The highest BCUT2D eigenvalue weighted by molar-refractivity contribution is 6.33. The minimum atomic E-state index is -0.678. The molecular weight excluding hydrogens is 299 g/mol. The summed E-state index contributed by atoms with van der Waals surface area (Å²) in [7, 11) is 1.54. The number of carbonyl (C=O) groups is 2. The highest BCUT2D eigenvalue weighted by Gasteiger charge is 2.16. The van der Waals surface area contributed by atoms with Gasteiger partial charge in [0.2, 0.25) is 5.91 Å². The zero-order valence-electron chi connectivity index (χ0n) is 12.0. The van der Waals surface area contributed by atoms with E-state index in [0.29, 0.717) is 19.7 Å². The molecule has 2 amide bonds. The molecule has 0 aliphatic heterocycles. The van der Waals surface area contributed by atoms with Gasteiger partial charge in [-0.15, -0.1) is 0 Å². The minimum absolute atomic E-state index is 0.0512. The van der Waals surface area contributed by atoms with Crippen LogP contribution in [0.2, 0.25) is 5.02 Å². The van der Waals surface area contributed by atoms with Gasteiger partial charge in [0.1, 0.15) is 5.82 Å². The van der Waals surface area contributed by atoms with Crippen LogP contribution in [0.5, 0.6) is 0 Å². The average molecular weight is 317 g/mol. The van der Waals surface area contributed by atoms with Gasteiger partial charge < -0.3 is 15.0 Å². The first kappa shape index (κ1) is 17.4. The van der Waals surface area contributed by atoms with Crippen LogP contribution < -0.4 is 5.32 Å². The summed E-state index contributed by atoms with van der Waals surface area (Å²) in [6, 6.07) is 4.04. The molecule has 0 spiro atoms. The molecule has 0 saturated carbocycles. The van der Waals surface area contributed by atoms with Gasteiger partial charge in [0.15, 0.2) is 0 Å². The van der Waals surface area contributed by atoms with Crippen molar-refractivity contribution in [2.45, 2.75) is 6.92 Å². The van der Waals surface area contributed by atoms with E-state index in [1.165, 1.54) is 30.0 Å². The van der Waals surface area contributed by atoms with Crippen molar-refractivity contribution in [3.8, 4) is 0 Å². The van der Waals surface area contributed by atoms with Crippen LogP contribution in [0.25, 0.3) is 0 Å². The minimum Gasteiger partial charge on any atom is -0.383 e. The molecular formula is C14H18ClFN2O3. The summed E-state index contributed by atoms with van der Waals surface area (Å²) in [5.74, 6) is -1.40. The molecule has 1 N–H and O–H groups in total. The van der Waals surface area contributed by atoms with Crippen LogP contribution in [-0.2, 0) is 9.53 Å². The molecule has 1 rings (SSSR count). The predicted octanol–water partition coefficient (Wildman–Crippen LogP) is 1.70. The second kappa shape index (κ2) is 8.59. The third-order valence-corrected chi connectivity index (χ3v) is 3.18. The highest BCUT2D eigenvalue weighted by atomic mass is 35.5. The van der Waals surface area contributed by atoms with E-state index >= 15 is 0 Å². The lowest BCUT2D eigenvalue weighted by molar-refractivity contribution is -0.129. The molecule has 0 radical (unpaired) electrons. The van der Waals surface area contributed by atoms with Gasteiger partial charge >= 0.3 is 0 Å². The third kappa shape index (κ3) is 5.32. The lowest BCUT2D eigenvalue weighted by Gasteiger charge is -2.20. The van der Waals surface area contributed by atoms with Crippen molar-refractivity contribution < 1.29 is 18.7 Å². The van der Waals surface area contributed by atoms with Crippen molar-refractivity contribution in [2.75, 3.05) is 33.4 Å². The normalized spacial score (nSPS) is 10.3. The summed E-state index contributed by atoms with van der Waals surface area (Å²) in [6.45, 7) is 2.79. The Morgan fingerprint density at radius 3 is 2.67 bits per heavy atom. The quantitative estimate of drug-likeness (QED) is 0.833. The van der Waals surface area contributed by atoms with E-state index in [1.54, 1.807) is 7.11 Å². The lowest BCUT2D eigenvalue weighted by Crippen LogP contribution is -2.39. The molecule has 0 atom stereocenters. The standard InChI is InChI=1S/C14H18ClFN2O3/c1-10(19)18(8-9-21-2)7-6-17-14(20)13-11(15)4-3-5-12(13)16/h3-5H,6-9H2,1-2H3,(H,17,20). The maximum atomic E-state index is 13.6. The molecule has 1 aromatic rings. The molecule has 0 heterocycles. The summed E-state index contributed by atoms with van der Waals surface area (Å²) in [5, 5.41) is 2.60. The van der Waals surface area contributed by atoms with Crippen molar-refractivity contribution in [3.05, 3.63) is 34.6 Å². The van der Waals surface area contributed by atoms with E-state index < -0.39 is 11.7 Å². The zero-order valence-corrected chi connectivity index (χ0v) is 12.7. The maximum absolute atomic E-state index is 13.6. The van der Waals surface area contributed by atoms with Crippen LogP contribution in [0.1, 0.15) is 17.3 Å². The van der Waals surface area contributed by atoms with Crippen molar-refractivity contribution >= 4 is 23.4 Å². The van der Waals surface area contributed by atoms with Gasteiger partial charge in [0.05, 0.1) is 17.2 Å². The number of halogens is 2. The Bertz CT molecular complexity index is 491. The number of hydrogen-bond acceptors (Lipinski definition) is 3. The fourth-order valence-electron chi connectivity index (χ4n) is 1.74. The van der Waals surface area contributed by atoms with Crippen LogP contribution >= 0.6 is 11.6 Å². The maximum Gasteiger partial charge on any atom is 0.255 e. The average Bonchev–Trinajstić information content (AvgIpc) is 2.42. The van der Waals surface area contributed by atoms with Crippen molar-refractivity contribution in [3.63, 3.8) is 0 Å². The Morgan fingerprint density at radius 2 is 2.10 bits per heavy atom. The molecule has 0 aliphatic carbocycles. The summed E-state index contributed by atoms with van der Waals surface area (Å²) in [5.41, 5.74) is -0.189. The Labute approximate surface area is 128 Å². The van der Waals surface area contributed by atoms with Crippen LogP contribution in [0.3, 0.4) is 0 Å². The smallest absolute Gasteiger partial charge is 0.255 e. The van der Waals surface area contributed by atoms with Gasteiger partial charge in [-0.2, -0.15) is 0 Å². The summed E-state index contributed by atoms with van der Waals surface area (Å²) < 4.78 is 18.5. The number of carbonyl (C=O) groups excluding carboxylic acids is 2. The summed E-state index contributed by atoms with van der Waals surface area (Å²) in [4.78, 5) is 24.8. The van der Waals surface area contributed by atoms with Gasteiger partial charge in [-0.3, -0.25) is 9.59 Å². The van der Waals surface area contributed by atoms with E-state index in [4.69, 9.17) is 16.3 Å². The van der Waals surface area contributed by atoms with Gasteiger partial charge in [-0.05, 0) is 12.1 Å². The van der Waals surface area contributed by atoms with E-state index in [1.807, 2.05) is 0 Å². The molecule has 0 bridgehead atoms. The largest absolute Gasteiger partial charge is 0.383 e. The van der Waals surface area contributed by atoms with Crippen LogP contribution in [0.15, 0.2) is 18.2 Å². The second-order valence-corrected chi connectivity index (χ2v) is 4.76. The van der Waals surface area contributed by atoms with E-state index in [2.05, 4.69) is 5.32 Å². The first-order valence-electron chi connectivity index (χ1n) is 6.44. The van der Waals surface area contributed by atoms with Gasteiger partial charge in [-0.1, -0.05) is 17.7 Å². The molecule has 1 aromatic carbocycles. The number of nitrogens with zero attached hydrogens (tertiary/aromatic N) is 1. The summed E-state index contributed by atoms with van der Waals surface area (Å²) in [6.07, 6.45) is 0. The number of methoxy groups -OCH3 is 1. The van der Waals surface area contributed by atoms with Gasteiger partial charge in [-0.25, -0.2) is 4.39 Å². The predicted molar refractivity (Wildman–Crippen MR) is 77.9 cm³/mol. The first-order chi connectivity index (χ1) is 9.97. The number of rotatable bonds is 7. The Hall–Kier alpha value is -1.66. The van der Waals surface area contributed by atoms with Crippen LogP contribution in [-0.4, -0.2) is 50.1 Å². The molecule has 21 heavy (non-hydrogen) atoms. The first-order valence-corrected chi connectivity index (χ1v) is 6.81. The molecule has 0 fully saturated rings. The summed E-state index contributed by atoms with van der Waals surface area (Å²) >= 11 is 5.80. The molecule has 0 saturated heterocycles. The second-order valence-electron chi connectivity index (χ2n) is 4.35. The van der Waals surface area contributed by atoms with Gasteiger partial charge in [0, 0.05) is 33.7 Å². The van der Waals surface area contributed by atoms with E-state index in [0.717, 1.165) is 0 Å². The number of amides is 2. The number of ether oxygens (including phenoxy) is 1. The topological polar surface area (TPSA) is 58.6 Å². The highest BCUT2D eigenvalue weighted by Crippen LogP contribution is 2.18. The Morgan fingerprint density at radius 1 is 1.38 bits per heavy atom. The fourth-order valence-corrected chi connectivity index (χ4v) is 1.98. The molecule has 0 aliphatic rings. The van der Waals surface area contributed by atoms with Gasteiger partial charge in [0.25, 0.3) is 5.91 Å². The number of benzene rings is 1. The molecule has 0 aromatic heterocycles. The van der Waals surface area contributed by atoms with E-state index in [9.17, 15) is 14.0 Å². The Kier molecular flexibility index (Phi) is 7.11. The lowest BCUT2D eigenvalue weighted by atomic mass is 10.2. The molecule has 0 unspecified atom stereocenters. The Balaban J connectivity index is 2.54. The zero-order chi connectivity index (χ0) is 15.8. The third-order valence-electron chi connectivity index (χ3n) is 2.87.